The highest BCUT2D eigenvalue weighted by atomic mass is 16.5. The van der Waals surface area contributed by atoms with E-state index in [2.05, 4.69) is 17.0 Å². The Hall–Kier alpha value is -3.19. The molecule has 0 fully saturated rings. The Morgan fingerprint density at radius 2 is 1.97 bits per heavy atom. The van der Waals surface area contributed by atoms with Crippen LogP contribution < -0.4 is 4.90 Å². The minimum absolute atomic E-state index is 0.0440. The number of amides is 1. The first-order chi connectivity index (χ1) is 14.1. The number of carbonyl (C=O) groups excluding carboxylic acids is 2. The molecule has 0 saturated carbocycles. The van der Waals surface area contributed by atoms with Crippen molar-refractivity contribution in [3.8, 4) is 11.1 Å². The van der Waals surface area contributed by atoms with Gasteiger partial charge in [-0.15, -0.1) is 0 Å². The van der Waals surface area contributed by atoms with Gasteiger partial charge in [-0.2, -0.15) is 0 Å². The van der Waals surface area contributed by atoms with Crippen LogP contribution in [0.2, 0.25) is 0 Å². The molecule has 0 bridgehead atoms. The summed E-state index contributed by atoms with van der Waals surface area (Å²) in [5, 5.41) is 12.8. The van der Waals surface area contributed by atoms with Crippen LogP contribution in [0.3, 0.4) is 0 Å². The van der Waals surface area contributed by atoms with Gasteiger partial charge in [-0.25, -0.2) is 0 Å². The second kappa shape index (κ2) is 7.67. The number of benzene rings is 2. The third-order valence-electron chi connectivity index (χ3n) is 5.70. The highest BCUT2D eigenvalue weighted by Gasteiger charge is 2.40. The highest BCUT2D eigenvalue weighted by molar-refractivity contribution is 6.55. The van der Waals surface area contributed by atoms with E-state index in [1.165, 1.54) is 17.6 Å². The van der Waals surface area contributed by atoms with Crippen LogP contribution in [-0.4, -0.2) is 54.4 Å². The topological polar surface area (TPSA) is 82.4 Å². The Bertz CT molecular complexity index is 1000. The van der Waals surface area contributed by atoms with E-state index in [4.69, 9.17) is 4.74 Å². The zero-order valence-electron chi connectivity index (χ0n) is 16.5. The molecule has 2 heterocycles. The van der Waals surface area contributed by atoms with Crippen LogP contribution in [0.5, 0.6) is 0 Å². The number of fused-ring (bicyclic) bond motifs is 3. The maximum atomic E-state index is 12.9. The lowest BCUT2D eigenvalue weighted by molar-refractivity contribution is -0.139. The molecule has 0 aromatic heterocycles. The van der Waals surface area contributed by atoms with Crippen molar-refractivity contribution < 1.29 is 19.5 Å². The Labute approximate surface area is 169 Å². The number of oxime groups is 1. The first kappa shape index (κ1) is 19.1. The first-order valence-corrected chi connectivity index (χ1v) is 9.66. The summed E-state index contributed by atoms with van der Waals surface area (Å²) in [7, 11) is 1.29. The maximum absolute atomic E-state index is 12.9. The van der Waals surface area contributed by atoms with Crippen LogP contribution >= 0.6 is 0 Å². The number of hydrogen-bond donors (Lipinski definition) is 1. The molecule has 4 rings (SSSR count). The lowest BCUT2D eigenvalue weighted by Crippen LogP contribution is -2.37. The molecule has 2 aromatic rings. The molecule has 29 heavy (non-hydrogen) atoms. The van der Waals surface area contributed by atoms with E-state index in [1.54, 1.807) is 0 Å². The van der Waals surface area contributed by atoms with Gasteiger partial charge in [0, 0.05) is 18.7 Å². The van der Waals surface area contributed by atoms with Gasteiger partial charge in [0.1, 0.15) is 6.54 Å². The monoisotopic (exact) mass is 393 g/mol. The quantitative estimate of drug-likeness (QED) is 0.490. The number of anilines is 1. The van der Waals surface area contributed by atoms with Crippen molar-refractivity contribution in [3.63, 3.8) is 0 Å². The van der Waals surface area contributed by atoms with Crippen LogP contribution in [0.15, 0.2) is 41.6 Å². The Morgan fingerprint density at radius 1 is 1.21 bits per heavy atom. The lowest BCUT2D eigenvalue weighted by Gasteiger charge is -2.32. The van der Waals surface area contributed by atoms with Crippen molar-refractivity contribution in [1.29, 1.82) is 0 Å². The molecule has 0 radical (unpaired) electrons. The second-order valence-electron chi connectivity index (χ2n) is 7.18. The zero-order chi connectivity index (χ0) is 20.5. The summed E-state index contributed by atoms with van der Waals surface area (Å²) in [5.74, 6) is -1.01. The van der Waals surface area contributed by atoms with Crippen molar-refractivity contribution in [2.45, 2.75) is 19.9 Å². The van der Waals surface area contributed by atoms with Gasteiger partial charge in [0.2, 0.25) is 0 Å². The fourth-order valence-corrected chi connectivity index (χ4v) is 4.22. The van der Waals surface area contributed by atoms with Gasteiger partial charge in [0.05, 0.1) is 12.8 Å². The summed E-state index contributed by atoms with van der Waals surface area (Å²) in [6.45, 7) is 4.36. The molecule has 0 spiro atoms. The molecule has 2 aromatic carbocycles. The molecule has 1 N–H and O–H groups in total. The van der Waals surface area contributed by atoms with E-state index in [0.29, 0.717) is 17.8 Å². The predicted molar refractivity (Wildman–Crippen MR) is 109 cm³/mol. The molecule has 1 amide bonds. The minimum atomic E-state index is -0.521. The highest BCUT2D eigenvalue weighted by Crippen LogP contribution is 2.42. The number of ether oxygens (including phenoxy) is 1. The molecule has 7 heteroatoms. The van der Waals surface area contributed by atoms with Crippen molar-refractivity contribution in [1.82, 2.24) is 4.90 Å². The van der Waals surface area contributed by atoms with Gasteiger partial charge in [-0.05, 0) is 41.3 Å². The summed E-state index contributed by atoms with van der Waals surface area (Å²) >= 11 is 0. The van der Waals surface area contributed by atoms with E-state index in [9.17, 15) is 14.8 Å². The maximum Gasteiger partial charge on any atom is 0.325 e. The van der Waals surface area contributed by atoms with Crippen LogP contribution in [0, 0.1) is 0 Å². The third kappa shape index (κ3) is 3.17. The van der Waals surface area contributed by atoms with Gasteiger partial charge >= 0.3 is 5.97 Å². The van der Waals surface area contributed by atoms with Crippen molar-refractivity contribution in [3.05, 3.63) is 53.1 Å². The number of carbonyl (C=O) groups is 2. The van der Waals surface area contributed by atoms with E-state index in [1.807, 2.05) is 36.4 Å². The molecule has 0 aliphatic carbocycles. The number of nitrogens with zero attached hydrogens (tertiary/aromatic N) is 3. The van der Waals surface area contributed by atoms with E-state index in [0.717, 1.165) is 36.2 Å². The van der Waals surface area contributed by atoms with Gasteiger partial charge in [0.25, 0.3) is 5.91 Å². The molecule has 150 valence electrons. The fourth-order valence-electron chi connectivity index (χ4n) is 4.22. The normalized spacial score (nSPS) is 17.4. The zero-order valence-corrected chi connectivity index (χ0v) is 16.5. The summed E-state index contributed by atoms with van der Waals surface area (Å²) in [5.41, 5.74) is 5.42. The molecule has 0 unspecified atom stereocenters. The van der Waals surface area contributed by atoms with Crippen LogP contribution in [0.4, 0.5) is 5.69 Å². The Kier molecular flexibility index (Phi) is 5.07. The van der Waals surface area contributed by atoms with Crippen LogP contribution in [0.1, 0.15) is 23.6 Å². The van der Waals surface area contributed by atoms with E-state index < -0.39 is 11.9 Å². The SMILES string of the molecule is CCN1CCc2c(-c3ccccc3)cc3c(c2C1)N(CC(=O)OC)C(=O)C3=NO. The van der Waals surface area contributed by atoms with Crippen LogP contribution in [0.25, 0.3) is 11.1 Å². The fraction of sp³-hybridized carbons (Fsp3) is 0.318. The number of likely N-dealkylation sites (N-methyl/N-ethyl adjacent to an activating group) is 1. The van der Waals surface area contributed by atoms with Crippen LogP contribution in [-0.2, 0) is 27.3 Å². The first-order valence-electron chi connectivity index (χ1n) is 9.66. The van der Waals surface area contributed by atoms with Gasteiger partial charge in [-0.1, -0.05) is 42.4 Å². The number of methoxy groups -OCH3 is 1. The Balaban J connectivity index is 1.97. The minimum Gasteiger partial charge on any atom is -0.468 e. The smallest absolute Gasteiger partial charge is 0.325 e. The largest absolute Gasteiger partial charge is 0.468 e. The summed E-state index contributed by atoms with van der Waals surface area (Å²) in [4.78, 5) is 28.6. The molecule has 2 aliphatic rings. The molecule has 0 atom stereocenters. The second-order valence-corrected chi connectivity index (χ2v) is 7.18. The van der Waals surface area contributed by atoms with Crippen molar-refractivity contribution >= 4 is 23.3 Å². The molecule has 0 saturated heterocycles. The average molecular weight is 393 g/mol. The lowest BCUT2D eigenvalue weighted by atomic mass is 9.87. The van der Waals surface area contributed by atoms with E-state index >= 15 is 0 Å². The summed E-state index contributed by atoms with van der Waals surface area (Å²) in [6, 6.07) is 11.9. The third-order valence-corrected chi connectivity index (χ3v) is 5.70. The number of hydrogen-bond acceptors (Lipinski definition) is 6. The van der Waals surface area contributed by atoms with Gasteiger partial charge in [0.15, 0.2) is 5.71 Å². The van der Waals surface area contributed by atoms with Gasteiger partial charge < -0.3 is 9.94 Å². The summed E-state index contributed by atoms with van der Waals surface area (Å²) in [6.07, 6.45) is 0.840. The molecule has 7 nitrogen and oxygen atoms in total. The molecule has 2 aliphatic heterocycles. The average Bonchev–Trinajstić information content (AvgIpc) is 3.03. The standard InChI is InChI=1S/C22H23N3O4/c1-3-24-10-9-15-16(14-7-5-4-6-8-14)11-17-20(23-28)22(27)25(13-19(26)29-2)21(17)18(15)12-24/h4-8,11,28H,3,9-10,12-13H2,1-2H3. The summed E-state index contributed by atoms with van der Waals surface area (Å²) < 4.78 is 4.78. The molecular formula is C22H23N3O4. The van der Waals surface area contributed by atoms with Crippen molar-refractivity contribution in [2.75, 3.05) is 31.6 Å². The van der Waals surface area contributed by atoms with Crippen molar-refractivity contribution in [2.24, 2.45) is 5.16 Å². The predicted octanol–water partition coefficient (Wildman–Crippen LogP) is 2.43. The number of esters is 1. The van der Waals surface area contributed by atoms with Gasteiger partial charge in [-0.3, -0.25) is 19.4 Å². The Morgan fingerprint density at radius 3 is 2.62 bits per heavy atom. The molecular weight excluding hydrogens is 370 g/mol. The van der Waals surface area contributed by atoms with E-state index in [-0.39, 0.29) is 12.3 Å². The number of rotatable bonds is 4.